The van der Waals surface area contributed by atoms with Crippen LogP contribution >= 0.6 is 0 Å². The van der Waals surface area contributed by atoms with E-state index in [9.17, 15) is 14.4 Å². The van der Waals surface area contributed by atoms with Crippen LogP contribution in [0.1, 0.15) is 38.5 Å². The standard InChI is InChI=1S/C16H25N3O6/c1-17-11(20)23-14-4-10-5-15(7-14,24-12(21)18-2)9-16(6-10,8-14)25-13(22)19-3/h10H,4-9H2,1-3H3,(H,17,20)(H,18,21)(H,19,22). The number of nitrogens with one attached hydrogen (secondary N) is 3. The molecule has 0 unspecified atom stereocenters. The average Bonchev–Trinajstić information content (AvgIpc) is 2.51. The number of carbonyl (C=O) groups is 3. The lowest BCUT2D eigenvalue weighted by Crippen LogP contribution is -2.69. The Kier molecular flexibility index (Phi) is 4.20. The van der Waals surface area contributed by atoms with E-state index in [1.807, 2.05) is 0 Å². The molecule has 0 saturated heterocycles. The van der Waals surface area contributed by atoms with E-state index in [-0.39, 0.29) is 5.92 Å². The Balaban J connectivity index is 1.93. The lowest BCUT2D eigenvalue weighted by atomic mass is 9.50. The van der Waals surface area contributed by atoms with Crippen molar-refractivity contribution in [2.45, 2.75) is 55.3 Å². The molecule has 0 spiro atoms. The molecule has 3 amide bonds. The summed E-state index contributed by atoms with van der Waals surface area (Å²) in [5.74, 6) is 0.148. The smallest absolute Gasteiger partial charge is 0.407 e. The van der Waals surface area contributed by atoms with E-state index in [1.54, 1.807) is 0 Å². The molecule has 3 N–H and O–H groups in total. The number of carbonyl (C=O) groups excluding carboxylic acids is 3. The van der Waals surface area contributed by atoms with Crippen molar-refractivity contribution in [2.75, 3.05) is 21.1 Å². The summed E-state index contributed by atoms with van der Waals surface area (Å²) >= 11 is 0. The van der Waals surface area contributed by atoms with Gasteiger partial charge in [0.25, 0.3) is 0 Å². The van der Waals surface area contributed by atoms with Crippen molar-refractivity contribution in [3.8, 4) is 0 Å². The lowest BCUT2D eigenvalue weighted by Gasteiger charge is -2.63. The van der Waals surface area contributed by atoms with Gasteiger partial charge < -0.3 is 30.2 Å². The summed E-state index contributed by atoms with van der Waals surface area (Å²) in [6.45, 7) is 0. The highest BCUT2D eigenvalue weighted by atomic mass is 16.6. The third kappa shape index (κ3) is 3.19. The van der Waals surface area contributed by atoms with E-state index in [0.29, 0.717) is 38.5 Å². The molecule has 140 valence electrons. The van der Waals surface area contributed by atoms with E-state index in [1.165, 1.54) is 21.1 Å². The summed E-state index contributed by atoms with van der Waals surface area (Å²) in [4.78, 5) is 35.7. The van der Waals surface area contributed by atoms with Gasteiger partial charge in [-0.05, 0) is 25.2 Å². The van der Waals surface area contributed by atoms with Crippen molar-refractivity contribution in [2.24, 2.45) is 5.92 Å². The molecular weight excluding hydrogens is 330 g/mol. The molecule has 0 aromatic carbocycles. The first-order valence-electron chi connectivity index (χ1n) is 8.49. The average molecular weight is 355 g/mol. The number of hydrogen-bond donors (Lipinski definition) is 3. The van der Waals surface area contributed by atoms with Crippen molar-refractivity contribution < 1.29 is 28.6 Å². The van der Waals surface area contributed by atoms with Gasteiger partial charge in [0.2, 0.25) is 0 Å². The number of hydrogen-bond acceptors (Lipinski definition) is 6. The van der Waals surface area contributed by atoms with Crippen molar-refractivity contribution in [3.05, 3.63) is 0 Å². The van der Waals surface area contributed by atoms with Gasteiger partial charge in [0.05, 0.1) is 0 Å². The second-order valence-corrected chi connectivity index (χ2v) is 7.48. The highest BCUT2D eigenvalue weighted by Gasteiger charge is 2.68. The molecule has 4 fully saturated rings. The quantitative estimate of drug-likeness (QED) is 0.657. The van der Waals surface area contributed by atoms with Gasteiger partial charge in [0.15, 0.2) is 0 Å². The fourth-order valence-electron chi connectivity index (χ4n) is 5.26. The maximum Gasteiger partial charge on any atom is 0.407 e. The summed E-state index contributed by atoms with van der Waals surface area (Å²) in [7, 11) is 4.49. The lowest BCUT2D eigenvalue weighted by molar-refractivity contribution is -0.249. The van der Waals surface area contributed by atoms with Gasteiger partial charge in [-0.2, -0.15) is 0 Å². The van der Waals surface area contributed by atoms with Crippen LogP contribution in [0.5, 0.6) is 0 Å². The Hall–Kier alpha value is -2.19. The normalized spacial score (nSPS) is 37.8. The van der Waals surface area contributed by atoms with E-state index in [2.05, 4.69) is 16.0 Å². The fourth-order valence-corrected chi connectivity index (χ4v) is 5.26. The Labute approximate surface area is 146 Å². The van der Waals surface area contributed by atoms with Crippen molar-refractivity contribution >= 4 is 18.3 Å². The van der Waals surface area contributed by atoms with Crippen LogP contribution in [0.4, 0.5) is 14.4 Å². The van der Waals surface area contributed by atoms with Crippen molar-refractivity contribution in [3.63, 3.8) is 0 Å². The number of rotatable bonds is 3. The Morgan fingerprint density at radius 3 is 1.20 bits per heavy atom. The second kappa shape index (κ2) is 5.96. The van der Waals surface area contributed by atoms with E-state index < -0.39 is 35.1 Å². The van der Waals surface area contributed by atoms with E-state index in [4.69, 9.17) is 14.2 Å². The SMILES string of the molecule is CNC(=O)OC12CC3CC(OC(=O)NC)(C1)CC(OC(=O)NC)(C3)C2. The van der Waals surface area contributed by atoms with Crippen LogP contribution in [-0.4, -0.2) is 56.2 Å². The zero-order valence-corrected chi connectivity index (χ0v) is 14.8. The molecule has 9 heteroatoms. The van der Waals surface area contributed by atoms with Crippen LogP contribution in [0.25, 0.3) is 0 Å². The van der Waals surface area contributed by atoms with E-state index >= 15 is 0 Å². The van der Waals surface area contributed by atoms with Crippen LogP contribution in [0, 0.1) is 5.92 Å². The van der Waals surface area contributed by atoms with Crippen molar-refractivity contribution in [1.29, 1.82) is 0 Å². The Morgan fingerprint density at radius 1 is 0.680 bits per heavy atom. The van der Waals surface area contributed by atoms with Gasteiger partial charge in [0.1, 0.15) is 16.8 Å². The van der Waals surface area contributed by atoms with Crippen LogP contribution < -0.4 is 16.0 Å². The molecule has 0 aromatic heterocycles. The largest absolute Gasteiger partial charge is 0.443 e. The highest BCUT2D eigenvalue weighted by Crippen LogP contribution is 2.63. The summed E-state index contributed by atoms with van der Waals surface area (Å²) in [6.07, 6.45) is 1.67. The molecule has 0 radical (unpaired) electrons. The van der Waals surface area contributed by atoms with Crippen molar-refractivity contribution in [1.82, 2.24) is 16.0 Å². The Bertz CT molecular complexity index is 506. The first kappa shape index (κ1) is 17.6. The molecule has 0 aromatic rings. The maximum atomic E-state index is 11.9. The highest BCUT2D eigenvalue weighted by molar-refractivity contribution is 5.69. The molecule has 25 heavy (non-hydrogen) atoms. The minimum atomic E-state index is -0.804. The van der Waals surface area contributed by atoms with Gasteiger partial charge in [-0.3, -0.25) is 0 Å². The molecule has 4 bridgehead atoms. The zero-order valence-electron chi connectivity index (χ0n) is 14.8. The molecular formula is C16H25N3O6. The molecule has 0 aliphatic heterocycles. The number of amides is 3. The van der Waals surface area contributed by atoms with Gasteiger partial charge in [-0.25, -0.2) is 14.4 Å². The predicted octanol–water partition coefficient (Wildman–Crippen LogP) is 1.27. The topological polar surface area (TPSA) is 115 Å². The summed E-state index contributed by atoms with van der Waals surface area (Å²) < 4.78 is 17.1. The maximum absolute atomic E-state index is 11.9. The minimum Gasteiger partial charge on any atom is -0.443 e. The second-order valence-electron chi connectivity index (χ2n) is 7.48. The monoisotopic (exact) mass is 355 g/mol. The molecule has 4 rings (SSSR count). The summed E-state index contributed by atoms with van der Waals surface area (Å²) in [6, 6.07) is 0. The fraction of sp³-hybridized carbons (Fsp3) is 0.812. The molecule has 0 heterocycles. The summed E-state index contributed by atoms with van der Waals surface area (Å²) in [5, 5.41) is 7.40. The molecule has 9 nitrogen and oxygen atoms in total. The van der Waals surface area contributed by atoms with Crippen LogP contribution in [0.15, 0.2) is 0 Å². The molecule has 4 aliphatic carbocycles. The van der Waals surface area contributed by atoms with Gasteiger partial charge in [-0.15, -0.1) is 0 Å². The van der Waals surface area contributed by atoms with E-state index in [0.717, 1.165) is 0 Å². The van der Waals surface area contributed by atoms with Crippen LogP contribution in [0.2, 0.25) is 0 Å². The number of ether oxygens (including phenoxy) is 3. The van der Waals surface area contributed by atoms with Crippen LogP contribution in [0.3, 0.4) is 0 Å². The van der Waals surface area contributed by atoms with Gasteiger partial charge in [0, 0.05) is 40.4 Å². The minimum absolute atomic E-state index is 0.148. The van der Waals surface area contributed by atoms with Gasteiger partial charge in [-0.1, -0.05) is 0 Å². The third-order valence-electron chi connectivity index (χ3n) is 5.46. The first-order valence-corrected chi connectivity index (χ1v) is 8.49. The molecule has 4 aliphatic rings. The predicted molar refractivity (Wildman–Crippen MR) is 86.0 cm³/mol. The zero-order chi connectivity index (χ0) is 18.3. The van der Waals surface area contributed by atoms with Crippen LogP contribution in [-0.2, 0) is 14.2 Å². The number of alkyl carbamates (subject to hydrolysis) is 3. The Morgan fingerprint density at radius 2 is 0.960 bits per heavy atom. The third-order valence-corrected chi connectivity index (χ3v) is 5.46. The molecule has 4 saturated carbocycles. The van der Waals surface area contributed by atoms with Gasteiger partial charge >= 0.3 is 18.3 Å². The molecule has 0 atom stereocenters. The summed E-state index contributed by atoms with van der Waals surface area (Å²) in [5.41, 5.74) is -2.41. The first-order chi connectivity index (χ1) is 11.8.